The maximum atomic E-state index is 12.6. The van der Waals surface area contributed by atoms with Gasteiger partial charge in [-0.2, -0.15) is 0 Å². The monoisotopic (exact) mass is 400 g/mol. The summed E-state index contributed by atoms with van der Waals surface area (Å²) in [5, 5.41) is 2.91. The summed E-state index contributed by atoms with van der Waals surface area (Å²) in [6.45, 7) is 2.96. The second-order valence-corrected chi connectivity index (χ2v) is 7.71. The van der Waals surface area contributed by atoms with Gasteiger partial charge in [0.25, 0.3) is 5.91 Å². The van der Waals surface area contributed by atoms with Gasteiger partial charge in [0.15, 0.2) is 5.76 Å². The number of aromatic nitrogens is 2. The highest BCUT2D eigenvalue weighted by molar-refractivity contribution is 6.02. The Morgan fingerprint density at radius 3 is 2.60 bits per heavy atom. The van der Waals surface area contributed by atoms with E-state index in [9.17, 15) is 4.79 Å². The van der Waals surface area contributed by atoms with Gasteiger partial charge in [-0.1, -0.05) is 18.6 Å². The number of nitrogens with one attached hydrogen (secondary N) is 1. The van der Waals surface area contributed by atoms with Crippen LogP contribution in [0.15, 0.2) is 71.4 Å². The molecule has 0 bridgehead atoms. The molecule has 0 atom stereocenters. The third-order valence-electron chi connectivity index (χ3n) is 5.57. The number of para-hydroxylation sites is 2. The average Bonchev–Trinajstić information content (AvgIpc) is 3.42. The number of carbonyl (C=O) groups is 1. The number of piperidine rings is 1. The van der Waals surface area contributed by atoms with Crippen molar-refractivity contribution in [3.05, 3.63) is 78.5 Å². The number of nitrogens with zero attached hydrogens (tertiary/aromatic N) is 3. The average molecular weight is 400 g/mol. The number of rotatable bonds is 5. The summed E-state index contributed by atoms with van der Waals surface area (Å²) in [7, 11) is 0. The van der Waals surface area contributed by atoms with Crippen molar-refractivity contribution in [1.29, 1.82) is 0 Å². The number of benzene rings is 2. The molecule has 0 aliphatic carbocycles. The van der Waals surface area contributed by atoms with Crippen LogP contribution in [0.2, 0.25) is 0 Å². The third-order valence-corrected chi connectivity index (χ3v) is 5.57. The Labute approximate surface area is 175 Å². The Kier molecular flexibility index (Phi) is 5.07. The van der Waals surface area contributed by atoms with Crippen LogP contribution < -0.4 is 5.32 Å². The Hall–Kier alpha value is -3.38. The smallest absolute Gasteiger partial charge is 0.291 e. The second kappa shape index (κ2) is 8.16. The van der Waals surface area contributed by atoms with Crippen molar-refractivity contribution < 1.29 is 9.21 Å². The van der Waals surface area contributed by atoms with Crippen LogP contribution in [0.4, 0.5) is 5.69 Å². The van der Waals surface area contributed by atoms with Gasteiger partial charge in [0.05, 0.1) is 17.6 Å². The first-order chi connectivity index (χ1) is 14.8. The number of furan rings is 1. The standard InChI is InChI=1S/C24H24N4O2/c29-24(23-13-12-20(30-23)16-27-14-4-1-5-15-27)26-18-8-10-19(11-9-18)28-17-25-21-6-2-3-7-22(21)28/h2-3,6-13,17H,1,4-5,14-16H2,(H,26,29). The van der Waals surface area contributed by atoms with Crippen molar-refractivity contribution in [3.8, 4) is 5.69 Å². The molecule has 1 fully saturated rings. The van der Waals surface area contributed by atoms with Gasteiger partial charge in [-0.15, -0.1) is 0 Å². The lowest BCUT2D eigenvalue weighted by Crippen LogP contribution is -2.28. The fraction of sp³-hybridized carbons (Fsp3) is 0.250. The molecule has 1 aliphatic rings. The van der Waals surface area contributed by atoms with E-state index in [0.29, 0.717) is 5.76 Å². The quantitative estimate of drug-likeness (QED) is 0.520. The van der Waals surface area contributed by atoms with Crippen LogP contribution in [-0.2, 0) is 6.54 Å². The summed E-state index contributed by atoms with van der Waals surface area (Å²) in [5.41, 5.74) is 3.71. The Bertz CT molecular complexity index is 1150. The van der Waals surface area contributed by atoms with E-state index in [0.717, 1.165) is 47.8 Å². The minimum absolute atomic E-state index is 0.235. The number of carbonyl (C=O) groups excluding carboxylic acids is 1. The number of fused-ring (bicyclic) bond motifs is 1. The molecule has 0 spiro atoms. The molecule has 3 heterocycles. The first-order valence-electron chi connectivity index (χ1n) is 10.4. The van der Waals surface area contributed by atoms with E-state index < -0.39 is 0 Å². The molecule has 2 aromatic heterocycles. The minimum Gasteiger partial charge on any atom is -0.455 e. The van der Waals surface area contributed by atoms with Crippen LogP contribution in [0, 0.1) is 0 Å². The maximum Gasteiger partial charge on any atom is 0.291 e. The number of imidazole rings is 1. The zero-order chi connectivity index (χ0) is 20.3. The molecule has 2 aromatic carbocycles. The van der Waals surface area contributed by atoms with Crippen LogP contribution >= 0.6 is 0 Å². The fourth-order valence-electron chi connectivity index (χ4n) is 3.99. The van der Waals surface area contributed by atoms with E-state index in [4.69, 9.17) is 4.42 Å². The first kappa shape index (κ1) is 18.6. The highest BCUT2D eigenvalue weighted by Crippen LogP contribution is 2.21. The molecule has 1 amide bonds. The van der Waals surface area contributed by atoms with Crippen molar-refractivity contribution in [2.75, 3.05) is 18.4 Å². The lowest BCUT2D eigenvalue weighted by Gasteiger charge is -2.25. The van der Waals surface area contributed by atoms with Crippen molar-refractivity contribution in [2.24, 2.45) is 0 Å². The van der Waals surface area contributed by atoms with Gasteiger partial charge in [0.1, 0.15) is 12.1 Å². The molecular weight excluding hydrogens is 376 g/mol. The SMILES string of the molecule is O=C(Nc1ccc(-n2cnc3ccccc32)cc1)c1ccc(CN2CCCCC2)o1. The first-order valence-corrected chi connectivity index (χ1v) is 10.4. The molecule has 0 saturated carbocycles. The Morgan fingerprint density at radius 1 is 0.967 bits per heavy atom. The summed E-state index contributed by atoms with van der Waals surface area (Å²) in [4.78, 5) is 19.4. The van der Waals surface area contributed by atoms with E-state index in [-0.39, 0.29) is 5.91 Å². The van der Waals surface area contributed by atoms with Gasteiger partial charge in [0, 0.05) is 11.4 Å². The van der Waals surface area contributed by atoms with Gasteiger partial charge < -0.3 is 9.73 Å². The van der Waals surface area contributed by atoms with Crippen molar-refractivity contribution >= 4 is 22.6 Å². The maximum absolute atomic E-state index is 12.6. The molecule has 4 aromatic rings. The molecule has 0 radical (unpaired) electrons. The normalized spacial score (nSPS) is 14.8. The van der Waals surface area contributed by atoms with E-state index in [1.165, 1.54) is 19.3 Å². The van der Waals surface area contributed by atoms with E-state index >= 15 is 0 Å². The largest absolute Gasteiger partial charge is 0.455 e. The molecule has 30 heavy (non-hydrogen) atoms. The van der Waals surface area contributed by atoms with E-state index in [1.54, 1.807) is 6.07 Å². The Balaban J connectivity index is 1.25. The highest BCUT2D eigenvalue weighted by Gasteiger charge is 2.15. The van der Waals surface area contributed by atoms with Crippen LogP contribution in [0.5, 0.6) is 0 Å². The predicted octanol–water partition coefficient (Wildman–Crippen LogP) is 4.86. The lowest BCUT2D eigenvalue weighted by atomic mass is 10.1. The van der Waals surface area contributed by atoms with Crippen LogP contribution in [0.25, 0.3) is 16.7 Å². The van der Waals surface area contributed by atoms with Crippen LogP contribution in [0.1, 0.15) is 35.6 Å². The summed E-state index contributed by atoms with van der Waals surface area (Å²) in [5.74, 6) is 0.941. The Morgan fingerprint density at radius 2 is 1.77 bits per heavy atom. The predicted molar refractivity (Wildman–Crippen MR) is 117 cm³/mol. The van der Waals surface area contributed by atoms with E-state index in [1.807, 2.05) is 65.5 Å². The van der Waals surface area contributed by atoms with Crippen LogP contribution in [-0.4, -0.2) is 33.4 Å². The number of hydrogen-bond acceptors (Lipinski definition) is 4. The summed E-state index contributed by atoms with van der Waals surface area (Å²) < 4.78 is 7.81. The summed E-state index contributed by atoms with van der Waals surface area (Å²) in [6.07, 6.45) is 5.58. The van der Waals surface area contributed by atoms with Crippen molar-refractivity contribution in [2.45, 2.75) is 25.8 Å². The molecule has 0 unspecified atom stereocenters. The topological polar surface area (TPSA) is 63.3 Å². The summed E-state index contributed by atoms with van der Waals surface area (Å²) in [6, 6.07) is 19.4. The van der Waals surface area contributed by atoms with Gasteiger partial charge >= 0.3 is 0 Å². The van der Waals surface area contributed by atoms with Crippen molar-refractivity contribution in [1.82, 2.24) is 14.5 Å². The molecule has 152 valence electrons. The highest BCUT2D eigenvalue weighted by atomic mass is 16.4. The van der Waals surface area contributed by atoms with Gasteiger partial charge in [-0.05, 0) is 74.5 Å². The van der Waals surface area contributed by atoms with Crippen molar-refractivity contribution in [3.63, 3.8) is 0 Å². The summed E-state index contributed by atoms with van der Waals surface area (Å²) >= 11 is 0. The number of hydrogen-bond donors (Lipinski definition) is 1. The molecule has 6 nitrogen and oxygen atoms in total. The molecular formula is C24H24N4O2. The molecule has 6 heteroatoms. The van der Waals surface area contributed by atoms with E-state index in [2.05, 4.69) is 15.2 Å². The molecule has 1 saturated heterocycles. The van der Waals surface area contributed by atoms with Gasteiger partial charge in [-0.3, -0.25) is 14.3 Å². The van der Waals surface area contributed by atoms with Gasteiger partial charge in [-0.25, -0.2) is 4.98 Å². The van der Waals surface area contributed by atoms with Crippen LogP contribution in [0.3, 0.4) is 0 Å². The zero-order valence-electron chi connectivity index (χ0n) is 16.8. The third kappa shape index (κ3) is 3.86. The number of anilines is 1. The number of likely N-dealkylation sites (tertiary alicyclic amines) is 1. The van der Waals surface area contributed by atoms with Gasteiger partial charge in [0.2, 0.25) is 0 Å². The lowest BCUT2D eigenvalue weighted by molar-refractivity contribution is 0.0992. The second-order valence-electron chi connectivity index (χ2n) is 7.71. The molecule has 1 aliphatic heterocycles. The molecule has 5 rings (SSSR count). The number of amides is 1. The fourth-order valence-corrected chi connectivity index (χ4v) is 3.99. The minimum atomic E-state index is -0.235. The zero-order valence-corrected chi connectivity index (χ0v) is 16.8. The molecule has 1 N–H and O–H groups in total.